The number of hydrogen-bond donors (Lipinski definition) is 4. The molecule has 0 aliphatic heterocycles. The monoisotopic (exact) mass is 488 g/mol. The molecule has 4 aromatic rings. The van der Waals surface area contributed by atoms with E-state index in [4.69, 9.17) is 11.5 Å². The first-order chi connectivity index (χ1) is 17.1. The molecule has 1 fully saturated rings. The lowest BCUT2D eigenvalue weighted by Crippen LogP contribution is -2.23. The van der Waals surface area contributed by atoms with Crippen LogP contribution in [0.3, 0.4) is 0 Å². The van der Waals surface area contributed by atoms with Crippen molar-refractivity contribution in [3.8, 4) is 28.7 Å². The number of carbonyl (C=O) groups excluding carboxylic acids is 2. The summed E-state index contributed by atoms with van der Waals surface area (Å²) in [6.45, 7) is 1.80. The van der Waals surface area contributed by atoms with Crippen LogP contribution >= 0.6 is 0 Å². The molecule has 2 aromatic heterocycles. The van der Waals surface area contributed by atoms with Gasteiger partial charge >= 0.3 is 0 Å². The summed E-state index contributed by atoms with van der Waals surface area (Å²) in [6.07, 6.45) is 2.25. The van der Waals surface area contributed by atoms with Gasteiger partial charge in [0.25, 0.3) is 5.91 Å². The third-order valence-corrected chi connectivity index (χ3v) is 6.20. The second-order valence-electron chi connectivity index (χ2n) is 8.57. The Bertz CT molecular complexity index is 1640. The first-order valence-corrected chi connectivity index (χ1v) is 10.8. The lowest BCUT2D eigenvalue weighted by atomic mass is 9.99. The summed E-state index contributed by atoms with van der Waals surface area (Å²) < 4.78 is 28.6. The minimum atomic E-state index is -1.24. The molecule has 1 saturated carbocycles. The lowest BCUT2D eigenvalue weighted by Gasteiger charge is -2.16. The number of nitriles is 1. The fourth-order valence-corrected chi connectivity index (χ4v) is 4.00. The number of nitrogens with one attached hydrogen (secondary N) is 2. The molecule has 0 spiro atoms. The Morgan fingerprint density at radius 2 is 1.92 bits per heavy atom. The van der Waals surface area contributed by atoms with Crippen molar-refractivity contribution in [1.29, 1.82) is 5.26 Å². The Morgan fingerprint density at radius 1 is 1.19 bits per heavy atom. The van der Waals surface area contributed by atoms with Gasteiger partial charge in [0.15, 0.2) is 23.2 Å². The number of nitrogens with two attached hydrogens (primary N) is 2. The standard InChI is InChI=1S/C24H18F2N8O2/c1-10-2-3-15-12(8-30-34-15)17(10)19-18(28)20(21(29)35)33-22(32-19)11-6-13(25)14(26)7-16(11)31-23(36)24(9-27)4-5-24/h2-3,6-8H,4-5,28H2,1H3,(H2,29,35)(H,30,34)(H,31,36). The number of amides is 2. The van der Waals surface area contributed by atoms with Crippen molar-refractivity contribution >= 4 is 34.1 Å². The molecule has 1 aliphatic rings. The third kappa shape index (κ3) is 3.58. The first kappa shape index (κ1) is 22.9. The average molecular weight is 488 g/mol. The number of primary amides is 1. The normalized spacial score (nSPS) is 13.8. The van der Waals surface area contributed by atoms with Crippen LogP contribution in [0.1, 0.15) is 28.9 Å². The lowest BCUT2D eigenvalue weighted by molar-refractivity contribution is -0.119. The molecule has 2 amide bonds. The van der Waals surface area contributed by atoms with E-state index in [1.54, 1.807) is 25.3 Å². The summed E-state index contributed by atoms with van der Waals surface area (Å²) in [5.74, 6) is -4.34. The Balaban J connectivity index is 1.75. The number of nitrogens with zero attached hydrogens (tertiary/aromatic N) is 4. The second-order valence-corrected chi connectivity index (χ2v) is 8.57. The molecule has 10 nitrogen and oxygen atoms in total. The Morgan fingerprint density at radius 3 is 2.58 bits per heavy atom. The number of rotatable bonds is 5. The maximum atomic E-state index is 14.4. The minimum Gasteiger partial charge on any atom is -0.395 e. The Labute approximate surface area is 202 Å². The number of aryl methyl sites for hydroxylation is 1. The number of aromatic nitrogens is 4. The number of H-pyrrole nitrogens is 1. The van der Waals surface area contributed by atoms with Gasteiger partial charge in [-0.25, -0.2) is 18.7 Å². The van der Waals surface area contributed by atoms with Crippen LogP contribution in [-0.2, 0) is 4.79 Å². The molecule has 5 rings (SSSR count). The van der Waals surface area contributed by atoms with Gasteiger partial charge in [0.1, 0.15) is 5.41 Å². The number of fused-ring (bicyclic) bond motifs is 1. The van der Waals surface area contributed by atoms with Crippen LogP contribution in [0.25, 0.3) is 33.5 Å². The van der Waals surface area contributed by atoms with Crippen LogP contribution in [0.15, 0.2) is 30.5 Å². The number of aromatic amines is 1. The van der Waals surface area contributed by atoms with Crippen molar-refractivity contribution in [2.24, 2.45) is 11.1 Å². The molecular weight excluding hydrogens is 470 g/mol. The second kappa shape index (κ2) is 8.09. The largest absolute Gasteiger partial charge is 0.395 e. The van der Waals surface area contributed by atoms with Crippen LogP contribution in [-0.4, -0.2) is 32.0 Å². The van der Waals surface area contributed by atoms with Gasteiger partial charge in [0.05, 0.1) is 34.9 Å². The molecule has 1 aliphatic carbocycles. The number of benzene rings is 2. The van der Waals surface area contributed by atoms with E-state index in [0.29, 0.717) is 29.3 Å². The average Bonchev–Trinajstić information content (AvgIpc) is 3.51. The van der Waals surface area contributed by atoms with Crippen LogP contribution in [0.4, 0.5) is 20.2 Å². The molecule has 0 atom stereocenters. The Hall–Kier alpha value is -4.92. The molecule has 0 saturated heterocycles. The summed E-state index contributed by atoms with van der Waals surface area (Å²) >= 11 is 0. The van der Waals surface area contributed by atoms with E-state index in [2.05, 4.69) is 25.5 Å². The van der Waals surface area contributed by atoms with Crippen molar-refractivity contribution in [2.45, 2.75) is 19.8 Å². The van der Waals surface area contributed by atoms with Gasteiger partial charge in [-0.2, -0.15) is 10.4 Å². The molecule has 180 valence electrons. The van der Waals surface area contributed by atoms with Gasteiger partial charge in [-0.1, -0.05) is 6.07 Å². The van der Waals surface area contributed by atoms with E-state index < -0.39 is 28.9 Å². The summed E-state index contributed by atoms with van der Waals surface area (Å²) in [4.78, 5) is 33.5. The fourth-order valence-electron chi connectivity index (χ4n) is 4.00. The van der Waals surface area contributed by atoms with Gasteiger partial charge < -0.3 is 16.8 Å². The summed E-state index contributed by atoms with van der Waals surface area (Å²) in [5.41, 5.74) is 11.8. The molecule has 36 heavy (non-hydrogen) atoms. The molecule has 2 aromatic carbocycles. The maximum absolute atomic E-state index is 14.4. The smallest absolute Gasteiger partial charge is 0.269 e. The van der Waals surface area contributed by atoms with Crippen molar-refractivity contribution in [3.63, 3.8) is 0 Å². The number of carbonyl (C=O) groups is 2. The highest BCUT2D eigenvalue weighted by molar-refractivity contribution is 6.05. The van der Waals surface area contributed by atoms with Gasteiger partial charge in [0.2, 0.25) is 5.91 Å². The van der Waals surface area contributed by atoms with E-state index in [9.17, 15) is 23.6 Å². The van der Waals surface area contributed by atoms with E-state index in [0.717, 1.165) is 17.7 Å². The van der Waals surface area contributed by atoms with Crippen molar-refractivity contribution in [1.82, 2.24) is 20.2 Å². The highest BCUT2D eigenvalue weighted by Crippen LogP contribution is 2.46. The highest BCUT2D eigenvalue weighted by Gasteiger charge is 2.50. The summed E-state index contributed by atoms with van der Waals surface area (Å²) in [5, 5.41) is 19.3. The topological polar surface area (TPSA) is 176 Å². The van der Waals surface area contributed by atoms with Crippen LogP contribution in [0.2, 0.25) is 0 Å². The number of anilines is 2. The van der Waals surface area contributed by atoms with E-state index >= 15 is 0 Å². The van der Waals surface area contributed by atoms with E-state index in [-0.39, 0.29) is 34.2 Å². The Kier molecular flexibility index (Phi) is 5.13. The molecule has 0 bridgehead atoms. The van der Waals surface area contributed by atoms with Crippen LogP contribution in [0, 0.1) is 35.3 Å². The molecule has 6 N–H and O–H groups in total. The SMILES string of the molecule is Cc1ccc2[nH]ncc2c1-c1nc(-c2cc(F)c(F)cc2NC(=O)C2(C#N)CC2)nc(C(N)=O)c1N. The fraction of sp³-hybridized carbons (Fsp3) is 0.167. The van der Waals surface area contributed by atoms with E-state index in [1.807, 2.05) is 6.07 Å². The summed E-state index contributed by atoms with van der Waals surface area (Å²) in [6, 6.07) is 7.10. The summed E-state index contributed by atoms with van der Waals surface area (Å²) in [7, 11) is 0. The van der Waals surface area contributed by atoms with Crippen molar-refractivity contribution in [3.05, 3.63) is 53.4 Å². The van der Waals surface area contributed by atoms with Gasteiger partial charge in [-0.3, -0.25) is 14.7 Å². The van der Waals surface area contributed by atoms with Gasteiger partial charge in [-0.05, 0) is 37.5 Å². The van der Waals surface area contributed by atoms with Crippen LogP contribution in [0.5, 0.6) is 0 Å². The minimum absolute atomic E-state index is 0.113. The predicted molar refractivity (Wildman–Crippen MR) is 126 cm³/mol. The third-order valence-electron chi connectivity index (χ3n) is 6.20. The number of hydrogen-bond acceptors (Lipinski definition) is 7. The first-order valence-electron chi connectivity index (χ1n) is 10.8. The van der Waals surface area contributed by atoms with Gasteiger partial charge in [-0.15, -0.1) is 0 Å². The van der Waals surface area contributed by atoms with Crippen molar-refractivity contribution < 1.29 is 18.4 Å². The zero-order valence-electron chi connectivity index (χ0n) is 18.8. The number of halogens is 2. The molecule has 0 unspecified atom stereocenters. The highest BCUT2D eigenvalue weighted by atomic mass is 19.2. The molecular formula is C24H18F2N8O2. The predicted octanol–water partition coefficient (Wildman–Crippen LogP) is 3.20. The van der Waals surface area contributed by atoms with Crippen LogP contribution < -0.4 is 16.8 Å². The number of nitrogen functional groups attached to an aromatic ring is 1. The quantitative estimate of drug-likeness (QED) is 0.333. The molecule has 0 radical (unpaired) electrons. The molecule has 2 heterocycles. The zero-order valence-corrected chi connectivity index (χ0v) is 18.8. The molecule has 12 heteroatoms. The maximum Gasteiger partial charge on any atom is 0.269 e. The zero-order chi connectivity index (χ0) is 25.8. The van der Waals surface area contributed by atoms with Crippen molar-refractivity contribution in [2.75, 3.05) is 11.1 Å². The van der Waals surface area contributed by atoms with E-state index in [1.165, 1.54) is 0 Å². The van der Waals surface area contributed by atoms with Gasteiger partial charge in [0, 0.05) is 22.6 Å².